The van der Waals surface area contributed by atoms with E-state index >= 15 is 0 Å². The van der Waals surface area contributed by atoms with Gasteiger partial charge in [-0.05, 0) is 37.5 Å². The van der Waals surface area contributed by atoms with Crippen molar-refractivity contribution >= 4 is 0 Å². The summed E-state index contributed by atoms with van der Waals surface area (Å²) >= 11 is 0. The Hall–Kier alpha value is -1.64. The average Bonchev–Trinajstić information content (AvgIpc) is 2.64. The van der Waals surface area contributed by atoms with Crippen LogP contribution in [-0.4, -0.2) is 14.8 Å². The van der Waals surface area contributed by atoms with Crippen molar-refractivity contribution in [2.75, 3.05) is 0 Å². The molecule has 0 unspecified atom stereocenters. The number of rotatable bonds is 2. The van der Waals surface area contributed by atoms with Crippen LogP contribution in [0.2, 0.25) is 0 Å². The summed E-state index contributed by atoms with van der Waals surface area (Å²) in [5.74, 6) is 1.40. The van der Waals surface area contributed by atoms with E-state index in [0.29, 0.717) is 5.92 Å². The van der Waals surface area contributed by atoms with Crippen LogP contribution >= 0.6 is 0 Å². The molecule has 2 rings (SSSR count). The van der Waals surface area contributed by atoms with Crippen LogP contribution in [0.3, 0.4) is 0 Å². The predicted molar refractivity (Wildman–Crippen MR) is 64.9 cm³/mol. The molecule has 2 aromatic heterocycles. The van der Waals surface area contributed by atoms with Gasteiger partial charge in [0, 0.05) is 11.9 Å². The molecule has 0 fully saturated rings. The van der Waals surface area contributed by atoms with E-state index in [9.17, 15) is 0 Å². The standard InChI is InChI=1S/C13H17N3/c1-9(2)12-6-5-10(3)14-13(12)16-8-7-11(4)15-16/h5-9H,1-4H3. The molecule has 0 saturated carbocycles. The third-order valence-corrected chi connectivity index (χ3v) is 2.61. The molecule has 0 radical (unpaired) electrons. The van der Waals surface area contributed by atoms with Crippen molar-refractivity contribution in [2.24, 2.45) is 0 Å². The van der Waals surface area contributed by atoms with E-state index < -0.39 is 0 Å². The van der Waals surface area contributed by atoms with Crippen LogP contribution in [0.5, 0.6) is 0 Å². The Balaban J connectivity index is 2.57. The molecule has 3 nitrogen and oxygen atoms in total. The first kappa shape index (κ1) is 10.9. The Morgan fingerprint density at radius 2 is 1.81 bits per heavy atom. The minimum atomic E-state index is 0.451. The van der Waals surface area contributed by atoms with E-state index in [0.717, 1.165) is 17.2 Å². The molecule has 0 aliphatic rings. The average molecular weight is 215 g/mol. The molecule has 84 valence electrons. The molecule has 2 heterocycles. The molecule has 3 heteroatoms. The first-order valence-corrected chi connectivity index (χ1v) is 5.58. The van der Waals surface area contributed by atoms with Crippen LogP contribution in [0.25, 0.3) is 5.82 Å². The lowest BCUT2D eigenvalue weighted by atomic mass is 10.0. The van der Waals surface area contributed by atoms with E-state index in [1.807, 2.05) is 30.8 Å². The maximum atomic E-state index is 4.58. The van der Waals surface area contributed by atoms with Crippen LogP contribution in [0.1, 0.15) is 36.7 Å². The third kappa shape index (κ3) is 1.98. The predicted octanol–water partition coefficient (Wildman–Crippen LogP) is 3.01. The number of pyridine rings is 1. The molecular formula is C13H17N3. The fourth-order valence-electron chi connectivity index (χ4n) is 1.72. The quantitative estimate of drug-likeness (QED) is 0.771. The second-order valence-electron chi connectivity index (χ2n) is 4.42. The van der Waals surface area contributed by atoms with Crippen molar-refractivity contribution in [1.29, 1.82) is 0 Å². The van der Waals surface area contributed by atoms with Crippen molar-refractivity contribution in [3.05, 3.63) is 41.3 Å². The lowest BCUT2D eigenvalue weighted by Gasteiger charge is -2.12. The normalized spacial score (nSPS) is 11.1. The van der Waals surface area contributed by atoms with Crippen LogP contribution in [0.4, 0.5) is 0 Å². The van der Waals surface area contributed by atoms with Crippen molar-refractivity contribution in [3.8, 4) is 5.82 Å². The van der Waals surface area contributed by atoms with Gasteiger partial charge in [0.1, 0.15) is 0 Å². The number of hydrogen-bond acceptors (Lipinski definition) is 2. The van der Waals surface area contributed by atoms with E-state index in [1.165, 1.54) is 5.56 Å². The lowest BCUT2D eigenvalue weighted by molar-refractivity contribution is 0.772. The molecule has 0 atom stereocenters. The van der Waals surface area contributed by atoms with Gasteiger partial charge >= 0.3 is 0 Å². The molecule has 0 aliphatic heterocycles. The summed E-state index contributed by atoms with van der Waals surface area (Å²) in [4.78, 5) is 4.58. The zero-order chi connectivity index (χ0) is 11.7. The number of aromatic nitrogens is 3. The van der Waals surface area contributed by atoms with Crippen molar-refractivity contribution in [2.45, 2.75) is 33.6 Å². The van der Waals surface area contributed by atoms with Gasteiger partial charge in [0.25, 0.3) is 0 Å². The van der Waals surface area contributed by atoms with E-state index in [2.05, 4.69) is 36.1 Å². The van der Waals surface area contributed by atoms with Gasteiger partial charge < -0.3 is 0 Å². The number of aryl methyl sites for hydroxylation is 2. The Kier molecular flexibility index (Phi) is 2.77. The Morgan fingerprint density at radius 1 is 1.06 bits per heavy atom. The molecular weight excluding hydrogens is 198 g/mol. The van der Waals surface area contributed by atoms with Gasteiger partial charge in [0.05, 0.1) is 5.69 Å². The Morgan fingerprint density at radius 3 is 2.38 bits per heavy atom. The summed E-state index contributed by atoms with van der Waals surface area (Å²) < 4.78 is 1.86. The van der Waals surface area contributed by atoms with Gasteiger partial charge in [-0.2, -0.15) is 5.10 Å². The van der Waals surface area contributed by atoms with Crippen molar-refractivity contribution in [3.63, 3.8) is 0 Å². The number of nitrogens with zero attached hydrogens (tertiary/aromatic N) is 3. The van der Waals surface area contributed by atoms with Crippen LogP contribution in [0, 0.1) is 13.8 Å². The summed E-state index contributed by atoms with van der Waals surface area (Å²) in [7, 11) is 0. The smallest absolute Gasteiger partial charge is 0.156 e. The van der Waals surface area contributed by atoms with Crippen LogP contribution in [0.15, 0.2) is 24.4 Å². The second kappa shape index (κ2) is 4.08. The first-order chi connectivity index (χ1) is 7.58. The fraction of sp³-hybridized carbons (Fsp3) is 0.385. The van der Waals surface area contributed by atoms with Gasteiger partial charge in [0.15, 0.2) is 5.82 Å². The summed E-state index contributed by atoms with van der Waals surface area (Å²) in [5.41, 5.74) is 3.26. The lowest BCUT2D eigenvalue weighted by Crippen LogP contribution is -2.06. The highest BCUT2D eigenvalue weighted by Gasteiger charge is 2.10. The maximum Gasteiger partial charge on any atom is 0.156 e. The summed E-state index contributed by atoms with van der Waals surface area (Å²) in [6, 6.07) is 6.18. The largest absolute Gasteiger partial charge is 0.234 e. The first-order valence-electron chi connectivity index (χ1n) is 5.58. The van der Waals surface area contributed by atoms with Gasteiger partial charge in [0.2, 0.25) is 0 Å². The highest BCUT2D eigenvalue weighted by atomic mass is 15.3. The van der Waals surface area contributed by atoms with Gasteiger partial charge in [-0.25, -0.2) is 9.67 Å². The van der Waals surface area contributed by atoms with E-state index in [1.54, 1.807) is 0 Å². The summed E-state index contributed by atoms with van der Waals surface area (Å²) in [5, 5.41) is 4.42. The minimum Gasteiger partial charge on any atom is -0.234 e. The molecule has 2 aromatic rings. The fourth-order valence-corrected chi connectivity index (χ4v) is 1.72. The topological polar surface area (TPSA) is 30.7 Å². The van der Waals surface area contributed by atoms with E-state index in [-0.39, 0.29) is 0 Å². The van der Waals surface area contributed by atoms with Crippen molar-refractivity contribution in [1.82, 2.24) is 14.8 Å². The molecule has 0 N–H and O–H groups in total. The van der Waals surface area contributed by atoms with Crippen molar-refractivity contribution < 1.29 is 0 Å². The second-order valence-corrected chi connectivity index (χ2v) is 4.42. The highest BCUT2D eigenvalue weighted by molar-refractivity contribution is 5.37. The van der Waals surface area contributed by atoms with Crippen LogP contribution in [-0.2, 0) is 0 Å². The monoisotopic (exact) mass is 215 g/mol. The maximum absolute atomic E-state index is 4.58. The molecule has 0 amide bonds. The molecule has 16 heavy (non-hydrogen) atoms. The molecule has 0 aromatic carbocycles. The Labute approximate surface area is 96.1 Å². The molecule has 0 bridgehead atoms. The Bertz CT molecular complexity index is 498. The summed E-state index contributed by atoms with van der Waals surface area (Å²) in [6.07, 6.45) is 1.96. The van der Waals surface area contributed by atoms with Gasteiger partial charge in [-0.1, -0.05) is 19.9 Å². The van der Waals surface area contributed by atoms with Crippen LogP contribution < -0.4 is 0 Å². The summed E-state index contributed by atoms with van der Waals surface area (Å²) in [6.45, 7) is 8.34. The molecule has 0 spiro atoms. The number of hydrogen-bond donors (Lipinski definition) is 0. The van der Waals surface area contributed by atoms with E-state index in [4.69, 9.17) is 0 Å². The third-order valence-electron chi connectivity index (χ3n) is 2.61. The van der Waals surface area contributed by atoms with Gasteiger partial charge in [-0.3, -0.25) is 0 Å². The molecule has 0 saturated heterocycles. The zero-order valence-corrected chi connectivity index (χ0v) is 10.2. The molecule has 0 aliphatic carbocycles. The SMILES string of the molecule is Cc1ccc(C(C)C)c(-n2ccc(C)n2)n1. The highest BCUT2D eigenvalue weighted by Crippen LogP contribution is 2.21. The van der Waals surface area contributed by atoms with Gasteiger partial charge in [-0.15, -0.1) is 0 Å². The zero-order valence-electron chi connectivity index (χ0n) is 10.2. The minimum absolute atomic E-state index is 0.451.